The fourth-order valence-electron chi connectivity index (χ4n) is 1.56. The van der Waals surface area contributed by atoms with Crippen molar-refractivity contribution in [2.75, 3.05) is 0 Å². The molecule has 3 atom stereocenters. The summed E-state index contributed by atoms with van der Waals surface area (Å²) in [5.74, 6) is 0.00948. The molecule has 13 heavy (non-hydrogen) atoms. The maximum Gasteiger partial charge on any atom is 0.156 e. The first kappa shape index (κ1) is 10.7. The third kappa shape index (κ3) is 1.94. The number of rotatable bonds is 1. The van der Waals surface area contributed by atoms with E-state index in [1.807, 2.05) is 6.92 Å². The highest BCUT2D eigenvalue weighted by Crippen LogP contribution is 2.36. The molecule has 0 bridgehead atoms. The topological polar surface area (TPSA) is 37.3 Å². The number of hydrogen-bond donors (Lipinski definition) is 1. The fraction of sp³-hybridized carbons (Fsp3) is 0.700. The van der Waals surface area contributed by atoms with Crippen LogP contribution in [-0.2, 0) is 4.79 Å². The van der Waals surface area contributed by atoms with Crippen LogP contribution in [0.5, 0.6) is 0 Å². The Labute approximate surface area is 83.6 Å². The molecule has 0 saturated heterocycles. The highest BCUT2D eigenvalue weighted by molar-refractivity contribution is 6.35. The molecule has 0 amide bonds. The van der Waals surface area contributed by atoms with E-state index in [2.05, 4.69) is 6.58 Å². The van der Waals surface area contributed by atoms with Gasteiger partial charge in [0.15, 0.2) is 5.78 Å². The standard InChI is InChI=1S/C10H15ClO2/c1-6(2)7-4-8(12)10(3,11)9(13)5-7/h7-8,12H,1,4-5H2,2-3H3/t7-,8-,10-/m0/s1. The number of aliphatic hydroxyl groups is 1. The highest BCUT2D eigenvalue weighted by Gasteiger charge is 2.44. The number of allylic oxidation sites excluding steroid dienone is 1. The molecule has 0 aliphatic heterocycles. The van der Waals surface area contributed by atoms with Crippen LogP contribution < -0.4 is 0 Å². The van der Waals surface area contributed by atoms with Crippen molar-refractivity contribution in [3.05, 3.63) is 12.2 Å². The Hall–Kier alpha value is -0.340. The van der Waals surface area contributed by atoms with Gasteiger partial charge >= 0.3 is 0 Å². The number of carbonyl (C=O) groups excluding carboxylic acids is 1. The largest absolute Gasteiger partial charge is 0.391 e. The minimum Gasteiger partial charge on any atom is -0.391 e. The molecule has 74 valence electrons. The molecule has 3 heteroatoms. The Kier molecular flexibility index (Phi) is 2.83. The van der Waals surface area contributed by atoms with Crippen LogP contribution in [0.2, 0.25) is 0 Å². The molecule has 1 aliphatic carbocycles. The first-order valence-electron chi connectivity index (χ1n) is 4.41. The SMILES string of the molecule is C=C(C)[C@@H]1CC(=O)[C@@](C)(Cl)[C@@H](O)C1. The van der Waals surface area contributed by atoms with Gasteiger partial charge in [0.1, 0.15) is 4.87 Å². The molecule has 1 saturated carbocycles. The first-order chi connectivity index (χ1) is 5.85. The van der Waals surface area contributed by atoms with Crippen LogP contribution in [0.15, 0.2) is 12.2 Å². The Morgan fingerprint density at radius 2 is 2.31 bits per heavy atom. The Bertz CT molecular complexity index is 245. The number of Topliss-reactive ketones (excluding diaryl/α,β-unsaturated/α-hetero) is 1. The maximum absolute atomic E-state index is 11.5. The van der Waals surface area contributed by atoms with Crippen molar-refractivity contribution >= 4 is 17.4 Å². The van der Waals surface area contributed by atoms with Crippen LogP contribution in [0.3, 0.4) is 0 Å². The molecule has 0 heterocycles. The lowest BCUT2D eigenvalue weighted by Gasteiger charge is -2.35. The van der Waals surface area contributed by atoms with Gasteiger partial charge in [-0.3, -0.25) is 4.79 Å². The summed E-state index contributed by atoms with van der Waals surface area (Å²) in [5.41, 5.74) is 0.944. The van der Waals surface area contributed by atoms with E-state index in [-0.39, 0.29) is 11.7 Å². The maximum atomic E-state index is 11.5. The molecular formula is C10H15ClO2. The van der Waals surface area contributed by atoms with Gasteiger partial charge in [-0.1, -0.05) is 12.2 Å². The summed E-state index contributed by atoms with van der Waals surface area (Å²) in [5, 5.41) is 9.63. The summed E-state index contributed by atoms with van der Waals surface area (Å²) in [6, 6.07) is 0. The average Bonchev–Trinajstić information content (AvgIpc) is 2.00. The minimum absolute atomic E-state index is 0.0825. The highest BCUT2D eigenvalue weighted by atomic mass is 35.5. The number of alkyl halides is 1. The molecule has 0 unspecified atom stereocenters. The molecule has 0 aromatic heterocycles. The van der Waals surface area contributed by atoms with Gasteiger partial charge in [-0.25, -0.2) is 0 Å². The van der Waals surface area contributed by atoms with E-state index in [0.29, 0.717) is 12.8 Å². The van der Waals surface area contributed by atoms with Crippen molar-refractivity contribution in [3.8, 4) is 0 Å². The molecule has 0 aromatic rings. The third-order valence-corrected chi connectivity index (χ3v) is 3.27. The molecule has 1 aliphatic rings. The van der Waals surface area contributed by atoms with E-state index in [4.69, 9.17) is 11.6 Å². The van der Waals surface area contributed by atoms with Crippen molar-refractivity contribution in [2.24, 2.45) is 5.92 Å². The van der Waals surface area contributed by atoms with Crippen LogP contribution in [-0.4, -0.2) is 21.9 Å². The van der Waals surface area contributed by atoms with E-state index in [1.165, 1.54) is 0 Å². The van der Waals surface area contributed by atoms with E-state index in [0.717, 1.165) is 5.57 Å². The summed E-state index contributed by atoms with van der Waals surface area (Å²) in [4.78, 5) is 10.4. The number of ketones is 1. The van der Waals surface area contributed by atoms with Gasteiger partial charge in [-0.15, -0.1) is 11.6 Å². The molecule has 1 rings (SSSR count). The molecule has 0 radical (unpaired) electrons. The predicted molar refractivity (Wildman–Crippen MR) is 52.8 cm³/mol. The average molecular weight is 203 g/mol. The Morgan fingerprint density at radius 1 is 1.77 bits per heavy atom. The van der Waals surface area contributed by atoms with Crippen LogP contribution in [0, 0.1) is 5.92 Å². The van der Waals surface area contributed by atoms with Crippen LogP contribution in [0.1, 0.15) is 26.7 Å². The van der Waals surface area contributed by atoms with Gasteiger partial charge in [0.2, 0.25) is 0 Å². The zero-order chi connectivity index (χ0) is 10.2. The summed E-state index contributed by atoms with van der Waals surface area (Å²) in [6.07, 6.45) is 0.199. The van der Waals surface area contributed by atoms with Gasteiger partial charge in [-0.2, -0.15) is 0 Å². The van der Waals surface area contributed by atoms with Crippen LogP contribution in [0.4, 0.5) is 0 Å². The summed E-state index contributed by atoms with van der Waals surface area (Å²) < 4.78 is 0. The fourth-order valence-corrected chi connectivity index (χ4v) is 1.72. The summed E-state index contributed by atoms with van der Waals surface area (Å²) in [6.45, 7) is 7.25. The number of halogens is 1. The van der Waals surface area contributed by atoms with Crippen LogP contribution >= 0.6 is 11.6 Å². The van der Waals surface area contributed by atoms with Crippen molar-refractivity contribution < 1.29 is 9.90 Å². The zero-order valence-corrected chi connectivity index (χ0v) is 8.77. The third-order valence-electron chi connectivity index (χ3n) is 2.81. The molecule has 1 N–H and O–H groups in total. The molecule has 1 fully saturated rings. The first-order valence-corrected chi connectivity index (χ1v) is 4.79. The monoisotopic (exact) mass is 202 g/mol. The molecule has 0 spiro atoms. The van der Waals surface area contributed by atoms with Gasteiger partial charge in [0.25, 0.3) is 0 Å². The van der Waals surface area contributed by atoms with Crippen molar-refractivity contribution in [1.82, 2.24) is 0 Å². The molecular weight excluding hydrogens is 188 g/mol. The van der Waals surface area contributed by atoms with Gasteiger partial charge in [-0.05, 0) is 26.2 Å². The van der Waals surface area contributed by atoms with Gasteiger partial charge in [0.05, 0.1) is 6.10 Å². The second-order valence-corrected chi connectivity index (χ2v) is 4.78. The van der Waals surface area contributed by atoms with Crippen molar-refractivity contribution in [2.45, 2.75) is 37.7 Å². The summed E-state index contributed by atoms with van der Waals surface area (Å²) in [7, 11) is 0. The second kappa shape index (κ2) is 3.43. The van der Waals surface area contributed by atoms with E-state index >= 15 is 0 Å². The predicted octanol–water partition coefficient (Wildman–Crippen LogP) is 1.90. The van der Waals surface area contributed by atoms with Crippen LogP contribution in [0.25, 0.3) is 0 Å². The van der Waals surface area contributed by atoms with E-state index < -0.39 is 11.0 Å². The number of aliphatic hydroxyl groups excluding tert-OH is 1. The zero-order valence-electron chi connectivity index (χ0n) is 8.01. The number of carbonyl (C=O) groups is 1. The Morgan fingerprint density at radius 3 is 2.69 bits per heavy atom. The minimum atomic E-state index is -1.09. The number of hydrogen-bond acceptors (Lipinski definition) is 2. The summed E-state index contributed by atoms with van der Waals surface area (Å²) >= 11 is 5.91. The lowest BCUT2D eigenvalue weighted by Crippen LogP contribution is -2.47. The van der Waals surface area contributed by atoms with E-state index in [1.54, 1.807) is 6.92 Å². The van der Waals surface area contributed by atoms with Gasteiger partial charge < -0.3 is 5.11 Å². The lowest BCUT2D eigenvalue weighted by molar-refractivity contribution is -0.127. The Balaban J connectivity index is 2.79. The molecule has 0 aromatic carbocycles. The lowest BCUT2D eigenvalue weighted by atomic mass is 9.77. The second-order valence-electron chi connectivity index (χ2n) is 4.00. The van der Waals surface area contributed by atoms with Gasteiger partial charge in [0, 0.05) is 6.42 Å². The normalized spacial score (nSPS) is 40.5. The quantitative estimate of drug-likeness (QED) is 0.521. The molecule has 2 nitrogen and oxygen atoms in total. The van der Waals surface area contributed by atoms with Crippen molar-refractivity contribution in [1.29, 1.82) is 0 Å². The smallest absolute Gasteiger partial charge is 0.156 e. The van der Waals surface area contributed by atoms with Crippen molar-refractivity contribution in [3.63, 3.8) is 0 Å². The van der Waals surface area contributed by atoms with E-state index in [9.17, 15) is 9.90 Å².